The highest BCUT2D eigenvalue weighted by atomic mass is 32.1. The van der Waals surface area contributed by atoms with Crippen molar-refractivity contribution in [2.75, 3.05) is 30.4 Å². The second-order valence-corrected chi connectivity index (χ2v) is 4.60. The number of anilines is 1. The zero-order chi connectivity index (χ0) is 13.0. The lowest BCUT2D eigenvalue weighted by molar-refractivity contribution is -0.119. The number of amides is 1. The average Bonchev–Trinajstić information content (AvgIpc) is 2.36. The maximum Gasteiger partial charge on any atom is 0.227 e. The Balaban J connectivity index is 2.09. The minimum atomic E-state index is -0.315. The van der Waals surface area contributed by atoms with Crippen molar-refractivity contribution in [1.82, 2.24) is 0 Å². The summed E-state index contributed by atoms with van der Waals surface area (Å²) in [5.74, 6) is 0.367. The van der Waals surface area contributed by atoms with Crippen LogP contribution in [0.4, 0.5) is 10.1 Å². The molecule has 0 fully saturated rings. The number of thiol groups is 1. The van der Waals surface area contributed by atoms with Gasteiger partial charge < -0.3 is 9.64 Å². The van der Waals surface area contributed by atoms with Gasteiger partial charge in [-0.1, -0.05) is 6.07 Å². The average molecular weight is 269 g/mol. The molecule has 18 heavy (non-hydrogen) atoms. The van der Waals surface area contributed by atoms with Crippen LogP contribution in [0, 0.1) is 5.82 Å². The molecule has 98 valence electrons. The smallest absolute Gasteiger partial charge is 0.227 e. The molecule has 1 aliphatic heterocycles. The number of hydrogen-bond acceptors (Lipinski definition) is 3. The van der Waals surface area contributed by atoms with Gasteiger partial charge >= 0.3 is 0 Å². The van der Waals surface area contributed by atoms with Crippen LogP contribution in [-0.2, 0) is 16.0 Å². The molecule has 1 aromatic carbocycles. The molecular weight excluding hydrogens is 253 g/mol. The Labute approximate surface area is 111 Å². The Kier molecular flexibility index (Phi) is 4.60. The van der Waals surface area contributed by atoms with Gasteiger partial charge in [0.2, 0.25) is 5.91 Å². The van der Waals surface area contributed by atoms with Crippen LogP contribution in [0.5, 0.6) is 0 Å². The molecule has 2 rings (SSSR count). The number of benzene rings is 1. The van der Waals surface area contributed by atoms with Gasteiger partial charge in [0.1, 0.15) is 5.82 Å². The van der Waals surface area contributed by atoms with E-state index < -0.39 is 0 Å². The van der Waals surface area contributed by atoms with Crippen LogP contribution in [0.15, 0.2) is 18.2 Å². The number of ether oxygens (including phenoxy) is 1. The van der Waals surface area contributed by atoms with Gasteiger partial charge in [-0.25, -0.2) is 4.39 Å². The topological polar surface area (TPSA) is 29.5 Å². The van der Waals surface area contributed by atoms with Crippen molar-refractivity contribution in [3.05, 3.63) is 29.6 Å². The highest BCUT2D eigenvalue weighted by Gasteiger charge is 2.24. The Morgan fingerprint density at radius 2 is 2.17 bits per heavy atom. The first-order valence-electron chi connectivity index (χ1n) is 6.00. The summed E-state index contributed by atoms with van der Waals surface area (Å²) in [4.78, 5) is 13.5. The van der Waals surface area contributed by atoms with Gasteiger partial charge in [0.15, 0.2) is 0 Å². The Morgan fingerprint density at radius 1 is 1.33 bits per heavy atom. The summed E-state index contributed by atoms with van der Waals surface area (Å²) in [6.07, 6.45) is 1.16. The maximum atomic E-state index is 13.3. The Hall–Kier alpha value is -1.07. The molecule has 1 heterocycles. The first-order valence-corrected chi connectivity index (χ1v) is 6.63. The fourth-order valence-electron chi connectivity index (χ4n) is 2.08. The summed E-state index contributed by atoms with van der Waals surface area (Å²) in [5.41, 5.74) is 1.70. The second kappa shape index (κ2) is 6.20. The Bertz CT molecular complexity index is 439. The fraction of sp³-hybridized carbons (Fsp3) is 0.462. The number of fused-ring (bicyclic) bond motifs is 1. The third-order valence-electron chi connectivity index (χ3n) is 2.94. The van der Waals surface area contributed by atoms with Crippen molar-refractivity contribution >= 4 is 24.2 Å². The molecule has 1 aromatic rings. The third-order valence-corrected chi connectivity index (χ3v) is 3.12. The number of aryl methyl sites for hydroxylation is 1. The van der Waals surface area contributed by atoms with Crippen LogP contribution in [0.3, 0.4) is 0 Å². The highest BCUT2D eigenvalue weighted by molar-refractivity contribution is 7.80. The molecule has 0 aliphatic carbocycles. The van der Waals surface area contributed by atoms with Crippen molar-refractivity contribution in [3.8, 4) is 0 Å². The van der Waals surface area contributed by atoms with Gasteiger partial charge in [-0.05, 0) is 24.1 Å². The normalized spacial score (nSPS) is 14.8. The molecule has 0 spiro atoms. The van der Waals surface area contributed by atoms with Crippen LogP contribution in [0.25, 0.3) is 0 Å². The lowest BCUT2D eigenvalue weighted by Crippen LogP contribution is -2.37. The van der Waals surface area contributed by atoms with E-state index in [0.29, 0.717) is 44.0 Å². The predicted octanol–water partition coefficient (Wildman–Crippen LogP) is 2.05. The second-order valence-electron chi connectivity index (χ2n) is 4.15. The van der Waals surface area contributed by atoms with Crippen molar-refractivity contribution in [3.63, 3.8) is 0 Å². The van der Waals surface area contributed by atoms with Crippen molar-refractivity contribution in [2.24, 2.45) is 0 Å². The van der Waals surface area contributed by atoms with Crippen LogP contribution >= 0.6 is 12.6 Å². The SMILES string of the molecule is O=C1CCc2ccc(F)cc2N1CCOCCS. The quantitative estimate of drug-likeness (QED) is 0.655. The zero-order valence-corrected chi connectivity index (χ0v) is 11.0. The number of carbonyl (C=O) groups excluding carboxylic acids is 1. The maximum absolute atomic E-state index is 13.3. The molecule has 0 saturated heterocycles. The van der Waals surface area contributed by atoms with Gasteiger partial charge in [-0.2, -0.15) is 12.6 Å². The summed E-state index contributed by atoms with van der Waals surface area (Å²) in [6.45, 7) is 1.46. The standard InChI is InChI=1S/C13H16FNO2S/c14-11-3-1-10-2-4-13(16)15(12(10)9-11)5-6-17-7-8-18/h1,3,9,18H,2,4-8H2. The van der Waals surface area contributed by atoms with E-state index in [-0.39, 0.29) is 11.7 Å². The number of rotatable bonds is 5. The molecule has 1 amide bonds. The number of carbonyl (C=O) groups is 1. The molecule has 0 N–H and O–H groups in total. The van der Waals surface area contributed by atoms with E-state index in [2.05, 4.69) is 12.6 Å². The highest BCUT2D eigenvalue weighted by Crippen LogP contribution is 2.28. The van der Waals surface area contributed by atoms with E-state index in [1.54, 1.807) is 11.0 Å². The molecule has 0 unspecified atom stereocenters. The molecule has 0 aromatic heterocycles. The first kappa shape index (κ1) is 13.4. The minimum Gasteiger partial charge on any atom is -0.379 e. The van der Waals surface area contributed by atoms with Crippen LogP contribution in [0.1, 0.15) is 12.0 Å². The minimum absolute atomic E-state index is 0.0302. The van der Waals surface area contributed by atoms with E-state index in [9.17, 15) is 9.18 Å². The largest absolute Gasteiger partial charge is 0.379 e. The van der Waals surface area contributed by atoms with Crippen LogP contribution < -0.4 is 4.90 Å². The van der Waals surface area contributed by atoms with E-state index in [0.717, 1.165) is 5.56 Å². The van der Waals surface area contributed by atoms with Gasteiger partial charge in [0.25, 0.3) is 0 Å². The lowest BCUT2D eigenvalue weighted by Gasteiger charge is -2.29. The monoisotopic (exact) mass is 269 g/mol. The summed E-state index contributed by atoms with van der Waals surface area (Å²) in [5, 5.41) is 0. The van der Waals surface area contributed by atoms with Gasteiger partial charge in [-0.3, -0.25) is 4.79 Å². The lowest BCUT2D eigenvalue weighted by atomic mass is 10.0. The van der Waals surface area contributed by atoms with Gasteiger partial charge in [-0.15, -0.1) is 0 Å². The van der Waals surface area contributed by atoms with E-state index in [1.807, 2.05) is 0 Å². The molecule has 0 radical (unpaired) electrons. The number of nitrogens with zero attached hydrogens (tertiary/aromatic N) is 1. The van der Waals surface area contributed by atoms with Crippen molar-refractivity contribution < 1.29 is 13.9 Å². The summed E-state index contributed by atoms with van der Waals surface area (Å²) in [6, 6.07) is 4.61. The zero-order valence-electron chi connectivity index (χ0n) is 10.1. The molecule has 3 nitrogen and oxygen atoms in total. The molecule has 1 aliphatic rings. The molecule has 0 bridgehead atoms. The van der Waals surface area contributed by atoms with Gasteiger partial charge in [0, 0.05) is 24.4 Å². The van der Waals surface area contributed by atoms with Crippen molar-refractivity contribution in [2.45, 2.75) is 12.8 Å². The molecule has 0 saturated carbocycles. The third kappa shape index (κ3) is 3.03. The van der Waals surface area contributed by atoms with Crippen LogP contribution in [-0.4, -0.2) is 31.4 Å². The summed E-state index contributed by atoms with van der Waals surface area (Å²) < 4.78 is 18.6. The fourth-order valence-corrected chi connectivity index (χ4v) is 2.21. The Morgan fingerprint density at radius 3 is 2.94 bits per heavy atom. The molecular formula is C13H16FNO2S. The van der Waals surface area contributed by atoms with E-state index in [1.165, 1.54) is 12.1 Å². The van der Waals surface area contributed by atoms with Crippen molar-refractivity contribution in [1.29, 1.82) is 0 Å². The number of hydrogen-bond donors (Lipinski definition) is 1. The number of halogens is 1. The van der Waals surface area contributed by atoms with E-state index >= 15 is 0 Å². The van der Waals surface area contributed by atoms with E-state index in [4.69, 9.17) is 4.74 Å². The summed E-state index contributed by atoms with van der Waals surface area (Å²) >= 11 is 4.04. The molecule has 5 heteroatoms. The molecule has 0 atom stereocenters. The predicted molar refractivity (Wildman–Crippen MR) is 71.7 cm³/mol. The van der Waals surface area contributed by atoms with Crippen LogP contribution in [0.2, 0.25) is 0 Å². The summed E-state index contributed by atoms with van der Waals surface area (Å²) in [7, 11) is 0. The van der Waals surface area contributed by atoms with Gasteiger partial charge in [0.05, 0.1) is 13.2 Å². The first-order chi connectivity index (χ1) is 8.72.